The summed E-state index contributed by atoms with van der Waals surface area (Å²) in [7, 11) is 1.57. The average Bonchev–Trinajstić information content (AvgIpc) is 3.19. The minimum atomic E-state index is -0.812. The van der Waals surface area contributed by atoms with E-state index < -0.39 is 12.0 Å². The summed E-state index contributed by atoms with van der Waals surface area (Å²) in [6.45, 7) is 3.68. The van der Waals surface area contributed by atoms with Gasteiger partial charge in [-0.3, -0.25) is 9.36 Å². The molecule has 1 aliphatic rings. The lowest BCUT2D eigenvalue weighted by molar-refractivity contribution is -0.139. The number of fused-ring (bicyclic) bond motifs is 2. The molecule has 188 valence electrons. The number of methoxy groups -OCH3 is 1. The van der Waals surface area contributed by atoms with E-state index in [0.29, 0.717) is 42.0 Å². The Morgan fingerprint density at radius 3 is 2.68 bits per heavy atom. The standard InChI is InChI=1S/C28H22Cl2N2O4S/c1-4-36-27(34)22-15(2)31-28-32(26(33)21(37-28)14-17-9-7-11-19(29)24(17)30)25(22)23-18-10-6-5-8-16(18)12-13-20(23)35-3/h5-14,25H,4H2,1-3H3/b21-14-/t25-/m1/s1. The number of allylic oxidation sites excluding steroid dienone is 1. The average molecular weight is 553 g/mol. The lowest BCUT2D eigenvalue weighted by Crippen LogP contribution is -2.40. The molecule has 0 unspecified atom stereocenters. The number of halogens is 2. The zero-order valence-corrected chi connectivity index (χ0v) is 22.6. The van der Waals surface area contributed by atoms with Gasteiger partial charge in [-0.05, 0) is 48.4 Å². The summed E-state index contributed by atoms with van der Waals surface area (Å²) in [6.07, 6.45) is 1.69. The van der Waals surface area contributed by atoms with Gasteiger partial charge in [-0.2, -0.15) is 0 Å². The van der Waals surface area contributed by atoms with Crippen molar-refractivity contribution in [2.45, 2.75) is 19.9 Å². The van der Waals surface area contributed by atoms with Crippen LogP contribution in [0.3, 0.4) is 0 Å². The van der Waals surface area contributed by atoms with Gasteiger partial charge >= 0.3 is 5.97 Å². The van der Waals surface area contributed by atoms with Gasteiger partial charge in [0.1, 0.15) is 11.8 Å². The highest BCUT2D eigenvalue weighted by Crippen LogP contribution is 2.40. The second-order valence-electron chi connectivity index (χ2n) is 8.35. The third-order valence-corrected chi connectivity index (χ3v) is 8.03. The van der Waals surface area contributed by atoms with E-state index in [1.54, 1.807) is 49.8 Å². The van der Waals surface area contributed by atoms with E-state index in [1.165, 1.54) is 11.3 Å². The normalized spacial score (nSPS) is 15.5. The van der Waals surface area contributed by atoms with E-state index in [2.05, 4.69) is 4.99 Å². The summed E-state index contributed by atoms with van der Waals surface area (Å²) in [5.74, 6) is 0.0172. The minimum absolute atomic E-state index is 0.187. The third kappa shape index (κ3) is 4.37. The summed E-state index contributed by atoms with van der Waals surface area (Å²) in [4.78, 5) is 32.4. The number of benzene rings is 3. The predicted octanol–water partition coefficient (Wildman–Crippen LogP) is 5.27. The molecule has 0 spiro atoms. The zero-order chi connectivity index (χ0) is 26.3. The van der Waals surface area contributed by atoms with Crippen molar-refractivity contribution < 1.29 is 14.3 Å². The van der Waals surface area contributed by atoms with E-state index in [9.17, 15) is 9.59 Å². The first-order chi connectivity index (χ1) is 17.8. The molecule has 0 fully saturated rings. The highest BCUT2D eigenvalue weighted by Gasteiger charge is 2.36. The van der Waals surface area contributed by atoms with Crippen molar-refractivity contribution in [2.24, 2.45) is 4.99 Å². The maximum Gasteiger partial charge on any atom is 0.338 e. The van der Waals surface area contributed by atoms with Gasteiger partial charge in [-0.15, -0.1) is 0 Å². The molecule has 5 rings (SSSR count). The van der Waals surface area contributed by atoms with Crippen LogP contribution in [-0.4, -0.2) is 24.3 Å². The molecular weight excluding hydrogens is 531 g/mol. The van der Waals surface area contributed by atoms with Gasteiger partial charge in [-0.1, -0.05) is 77.0 Å². The van der Waals surface area contributed by atoms with Crippen LogP contribution in [0.2, 0.25) is 10.0 Å². The maximum atomic E-state index is 14.0. The maximum absolute atomic E-state index is 14.0. The lowest BCUT2D eigenvalue weighted by atomic mass is 9.90. The molecule has 0 amide bonds. The fraction of sp³-hybridized carbons (Fsp3) is 0.179. The number of hydrogen-bond acceptors (Lipinski definition) is 6. The molecule has 0 radical (unpaired) electrons. The van der Waals surface area contributed by atoms with Crippen LogP contribution < -0.4 is 19.6 Å². The van der Waals surface area contributed by atoms with Crippen molar-refractivity contribution in [1.29, 1.82) is 0 Å². The smallest absolute Gasteiger partial charge is 0.338 e. The molecule has 4 aromatic rings. The number of rotatable bonds is 5. The molecule has 0 saturated carbocycles. The Labute approximate surface area is 226 Å². The zero-order valence-electron chi connectivity index (χ0n) is 20.2. The van der Waals surface area contributed by atoms with E-state index in [0.717, 1.165) is 10.8 Å². The fourth-order valence-electron chi connectivity index (χ4n) is 4.57. The SMILES string of the molecule is CCOC(=O)C1=C(C)N=c2s/c(=C\c3cccc(Cl)c3Cl)c(=O)n2[C@H]1c1c(OC)ccc2ccccc12. The van der Waals surface area contributed by atoms with Crippen molar-refractivity contribution in [3.63, 3.8) is 0 Å². The van der Waals surface area contributed by atoms with Crippen LogP contribution in [0.1, 0.15) is 31.0 Å². The van der Waals surface area contributed by atoms with E-state index >= 15 is 0 Å². The first-order valence-corrected chi connectivity index (χ1v) is 13.1. The van der Waals surface area contributed by atoms with Crippen molar-refractivity contribution >= 4 is 57.4 Å². The number of hydrogen-bond donors (Lipinski definition) is 0. The number of esters is 1. The number of aromatic nitrogens is 1. The molecule has 3 aromatic carbocycles. The third-order valence-electron chi connectivity index (χ3n) is 6.21. The summed E-state index contributed by atoms with van der Waals surface area (Å²) in [5.41, 5.74) is 1.75. The van der Waals surface area contributed by atoms with Crippen LogP contribution in [0.5, 0.6) is 5.75 Å². The molecule has 37 heavy (non-hydrogen) atoms. The van der Waals surface area contributed by atoms with Crippen LogP contribution in [-0.2, 0) is 9.53 Å². The van der Waals surface area contributed by atoms with Crippen molar-refractivity contribution in [3.05, 3.63) is 107 Å². The molecule has 1 aromatic heterocycles. The quantitative estimate of drug-likeness (QED) is 0.316. The second-order valence-corrected chi connectivity index (χ2v) is 10.1. The molecule has 9 heteroatoms. The van der Waals surface area contributed by atoms with Crippen molar-refractivity contribution in [2.75, 3.05) is 13.7 Å². The second kappa shape index (κ2) is 10.2. The van der Waals surface area contributed by atoms with Gasteiger partial charge in [0.15, 0.2) is 4.80 Å². The van der Waals surface area contributed by atoms with E-state index in [1.807, 2.05) is 36.4 Å². The number of carbonyl (C=O) groups is 1. The van der Waals surface area contributed by atoms with Crippen LogP contribution in [0, 0.1) is 0 Å². The number of carbonyl (C=O) groups excluding carboxylic acids is 1. The Hall–Kier alpha value is -3.39. The Kier molecular flexibility index (Phi) is 6.94. The number of ether oxygens (including phenoxy) is 2. The summed E-state index contributed by atoms with van der Waals surface area (Å²) < 4.78 is 13.1. The Balaban J connectivity index is 1.86. The number of nitrogens with zero attached hydrogens (tertiary/aromatic N) is 2. The van der Waals surface area contributed by atoms with Crippen molar-refractivity contribution in [1.82, 2.24) is 4.57 Å². The molecule has 0 saturated heterocycles. The Morgan fingerprint density at radius 2 is 1.92 bits per heavy atom. The largest absolute Gasteiger partial charge is 0.496 e. The highest BCUT2D eigenvalue weighted by atomic mass is 35.5. The van der Waals surface area contributed by atoms with Crippen molar-refractivity contribution in [3.8, 4) is 5.75 Å². The molecule has 0 bridgehead atoms. The Morgan fingerprint density at radius 1 is 1.14 bits per heavy atom. The molecule has 1 aliphatic heterocycles. The first-order valence-electron chi connectivity index (χ1n) is 11.5. The molecule has 1 atom stereocenters. The summed E-state index contributed by atoms with van der Waals surface area (Å²) in [6, 6.07) is 16.0. The highest BCUT2D eigenvalue weighted by molar-refractivity contribution is 7.07. The van der Waals surface area contributed by atoms with Gasteiger partial charge in [0.2, 0.25) is 0 Å². The van der Waals surface area contributed by atoms with Crippen LogP contribution in [0.15, 0.2) is 75.7 Å². The van der Waals surface area contributed by atoms with Crippen LogP contribution in [0.4, 0.5) is 0 Å². The molecule has 2 heterocycles. The Bertz CT molecular complexity index is 1770. The molecule has 0 N–H and O–H groups in total. The van der Waals surface area contributed by atoms with Gasteiger partial charge in [0, 0.05) is 5.56 Å². The molecule has 6 nitrogen and oxygen atoms in total. The van der Waals surface area contributed by atoms with E-state index in [4.69, 9.17) is 32.7 Å². The minimum Gasteiger partial charge on any atom is -0.496 e. The predicted molar refractivity (Wildman–Crippen MR) is 147 cm³/mol. The fourth-order valence-corrected chi connectivity index (χ4v) is 5.97. The molecule has 0 aliphatic carbocycles. The molecular formula is C28H22Cl2N2O4S. The summed E-state index contributed by atoms with van der Waals surface area (Å²) >= 11 is 13.8. The van der Waals surface area contributed by atoms with Gasteiger partial charge in [0.05, 0.1) is 39.6 Å². The topological polar surface area (TPSA) is 69.9 Å². The first kappa shape index (κ1) is 25.3. The number of thiazole rings is 1. The van der Waals surface area contributed by atoms with Gasteiger partial charge in [-0.25, -0.2) is 9.79 Å². The lowest BCUT2D eigenvalue weighted by Gasteiger charge is -2.27. The van der Waals surface area contributed by atoms with E-state index in [-0.39, 0.29) is 17.7 Å². The van der Waals surface area contributed by atoms with Gasteiger partial charge < -0.3 is 9.47 Å². The van der Waals surface area contributed by atoms with Gasteiger partial charge in [0.25, 0.3) is 5.56 Å². The van der Waals surface area contributed by atoms with Crippen LogP contribution in [0.25, 0.3) is 16.8 Å². The summed E-state index contributed by atoms with van der Waals surface area (Å²) in [5, 5.41) is 2.55. The monoisotopic (exact) mass is 552 g/mol. The van der Waals surface area contributed by atoms with Crippen LogP contribution >= 0.6 is 34.5 Å².